The zero-order valence-electron chi connectivity index (χ0n) is 16.1. The lowest BCUT2D eigenvalue weighted by molar-refractivity contribution is 0.0974. The lowest BCUT2D eigenvalue weighted by Crippen LogP contribution is -2.32. The molecule has 6 nitrogen and oxygen atoms in total. The van der Waals surface area contributed by atoms with E-state index in [1.165, 1.54) is 16.9 Å². The number of fused-ring (bicyclic) bond motifs is 1. The lowest BCUT2D eigenvalue weighted by atomic mass is 10.2. The Kier molecular flexibility index (Phi) is 4.92. The fourth-order valence-corrected chi connectivity index (χ4v) is 4.17. The van der Waals surface area contributed by atoms with Gasteiger partial charge in [-0.15, -0.1) is 0 Å². The van der Waals surface area contributed by atoms with E-state index < -0.39 is 0 Å². The first-order chi connectivity index (χ1) is 13.5. The quantitative estimate of drug-likeness (QED) is 0.507. The molecule has 0 fully saturated rings. The Morgan fingerprint density at radius 1 is 1.18 bits per heavy atom. The second-order valence-corrected chi connectivity index (χ2v) is 7.68. The van der Waals surface area contributed by atoms with Crippen LogP contribution in [0.25, 0.3) is 10.2 Å². The number of amides is 1. The third kappa shape index (κ3) is 3.53. The van der Waals surface area contributed by atoms with E-state index in [-0.39, 0.29) is 5.91 Å². The molecule has 0 spiro atoms. The number of anilines is 1. The Hall–Kier alpha value is -3.06. The van der Waals surface area contributed by atoms with Gasteiger partial charge in [-0.1, -0.05) is 23.5 Å². The fourth-order valence-electron chi connectivity index (χ4n) is 3.11. The molecule has 0 saturated heterocycles. The predicted molar refractivity (Wildman–Crippen MR) is 112 cm³/mol. The molecule has 3 aromatic heterocycles. The van der Waals surface area contributed by atoms with Crippen LogP contribution >= 0.6 is 11.3 Å². The molecule has 7 heteroatoms. The van der Waals surface area contributed by atoms with Crippen molar-refractivity contribution in [3.63, 3.8) is 0 Å². The van der Waals surface area contributed by atoms with Gasteiger partial charge in [0.25, 0.3) is 5.91 Å². The van der Waals surface area contributed by atoms with Gasteiger partial charge < -0.3 is 0 Å². The number of pyridine rings is 1. The van der Waals surface area contributed by atoms with Crippen molar-refractivity contribution >= 4 is 32.6 Å². The monoisotopic (exact) mass is 391 g/mol. The van der Waals surface area contributed by atoms with E-state index in [1.54, 1.807) is 15.8 Å². The maximum atomic E-state index is 13.5. The predicted octanol–water partition coefficient (Wildman–Crippen LogP) is 4.37. The van der Waals surface area contributed by atoms with E-state index in [1.807, 2.05) is 50.2 Å². The van der Waals surface area contributed by atoms with Crippen LogP contribution in [0.3, 0.4) is 0 Å². The summed E-state index contributed by atoms with van der Waals surface area (Å²) < 4.78 is 2.80. The number of hydrogen-bond donors (Lipinski definition) is 0. The van der Waals surface area contributed by atoms with Crippen LogP contribution in [0.1, 0.15) is 34.4 Å². The molecule has 4 rings (SSSR count). The molecule has 1 amide bonds. The Bertz CT molecular complexity index is 1130. The standard InChI is InChI=1S/C21H21N5OS/c1-4-26-18(12-15(3)24-26)20(27)25(13-16-7-5-6-10-22-16)21-23-17-9-8-14(2)11-19(17)28-21/h5-12H,4,13H2,1-3H3. The smallest absolute Gasteiger partial charge is 0.277 e. The number of benzene rings is 1. The SMILES string of the molecule is CCn1nc(C)cc1C(=O)N(Cc1ccccn1)c1nc2ccc(C)cc2s1. The third-order valence-electron chi connectivity index (χ3n) is 4.48. The van der Waals surface area contributed by atoms with Crippen molar-refractivity contribution in [2.75, 3.05) is 4.90 Å². The highest BCUT2D eigenvalue weighted by atomic mass is 32.1. The first kappa shape index (κ1) is 18.3. The molecule has 0 aliphatic carbocycles. The number of thiazole rings is 1. The van der Waals surface area contributed by atoms with Crippen molar-refractivity contribution in [1.29, 1.82) is 0 Å². The number of hydrogen-bond acceptors (Lipinski definition) is 5. The summed E-state index contributed by atoms with van der Waals surface area (Å²) in [6.07, 6.45) is 1.74. The summed E-state index contributed by atoms with van der Waals surface area (Å²) >= 11 is 1.52. The number of rotatable bonds is 5. The fraction of sp³-hybridized carbons (Fsp3) is 0.238. The van der Waals surface area contributed by atoms with Crippen molar-refractivity contribution in [1.82, 2.24) is 19.7 Å². The van der Waals surface area contributed by atoms with E-state index in [0.29, 0.717) is 23.9 Å². The summed E-state index contributed by atoms with van der Waals surface area (Å²) in [5.41, 5.74) is 4.26. The molecule has 3 heterocycles. The summed E-state index contributed by atoms with van der Waals surface area (Å²) in [6, 6.07) is 13.7. The van der Waals surface area contributed by atoms with Gasteiger partial charge in [0.2, 0.25) is 0 Å². The molecule has 0 unspecified atom stereocenters. The van der Waals surface area contributed by atoms with Crippen molar-refractivity contribution in [2.24, 2.45) is 0 Å². The molecule has 0 atom stereocenters. The summed E-state index contributed by atoms with van der Waals surface area (Å²) in [6.45, 7) is 6.91. The van der Waals surface area contributed by atoms with Crippen molar-refractivity contribution in [2.45, 2.75) is 33.9 Å². The molecular formula is C21H21N5OS. The van der Waals surface area contributed by atoms with Gasteiger partial charge in [0.05, 0.1) is 28.1 Å². The minimum absolute atomic E-state index is 0.121. The van der Waals surface area contributed by atoms with Crippen molar-refractivity contribution in [3.05, 3.63) is 71.3 Å². The third-order valence-corrected chi connectivity index (χ3v) is 5.52. The summed E-state index contributed by atoms with van der Waals surface area (Å²) in [7, 11) is 0. The normalized spacial score (nSPS) is 11.1. The second kappa shape index (κ2) is 7.52. The van der Waals surface area contributed by atoms with Crippen LogP contribution in [0.4, 0.5) is 5.13 Å². The Morgan fingerprint density at radius 3 is 2.79 bits per heavy atom. The Balaban J connectivity index is 1.79. The molecule has 0 aliphatic heterocycles. The molecule has 0 bridgehead atoms. The largest absolute Gasteiger partial charge is 0.278 e. The van der Waals surface area contributed by atoms with Gasteiger partial charge >= 0.3 is 0 Å². The van der Waals surface area contributed by atoms with Crippen molar-refractivity contribution in [3.8, 4) is 0 Å². The van der Waals surface area contributed by atoms with Gasteiger partial charge in [-0.25, -0.2) is 4.98 Å². The average molecular weight is 392 g/mol. The highest BCUT2D eigenvalue weighted by Gasteiger charge is 2.25. The first-order valence-corrected chi connectivity index (χ1v) is 10.00. The van der Waals surface area contributed by atoms with Crippen LogP contribution in [0.2, 0.25) is 0 Å². The van der Waals surface area contributed by atoms with Crippen LogP contribution < -0.4 is 4.90 Å². The van der Waals surface area contributed by atoms with E-state index in [2.05, 4.69) is 23.1 Å². The summed E-state index contributed by atoms with van der Waals surface area (Å²) in [4.78, 5) is 24.3. The molecule has 0 radical (unpaired) electrons. The minimum Gasteiger partial charge on any atom is -0.277 e. The number of aromatic nitrogens is 4. The van der Waals surface area contributed by atoms with Gasteiger partial charge in [-0.05, 0) is 56.7 Å². The Labute approximate surface area is 167 Å². The van der Waals surface area contributed by atoms with Gasteiger partial charge in [0, 0.05) is 12.7 Å². The molecule has 28 heavy (non-hydrogen) atoms. The molecule has 4 aromatic rings. The van der Waals surface area contributed by atoms with Crippen LogP contribution in [0.15, 0.2) is 48.7 Å². The summed E-state index contributed by atoms with van der Waals surface area (Å²) in [5, 5.41) is 5.09. The molecule has 1 aromatic carbocycles. The second-order valence-electron chi connectivity index (χ2n) is 6.67. The maximum absolute atomic E-state index is 13.5. The van der Waals surface area contributed by atoms with E-state index in [9.17, 15) is 4.79 Å². The van der Waals surface area contributed by atoms with Gasteiger partial charge in [-0.3, -0.25) is 19.4 Å². The lowest BCUT2D eigenvalue weighted by Gasteiger charge is -2.19. The first-order valence-electron chi connectivity index (χ1n) is 9.18. The summed E-state index contributed by atoms with van der Waals surface area (Å²) in [5.74, 6) is -0.121. The van der Waals surface area contributed by atoms with Crippen LogP contribution in [-0.4, -0.2) is 25.7 Å². The topological polar surface area (TPSA) is 63.9 Å². The van der Waals surface area contributed by atoms with E-state index in [4.69, 9.17) is 4.98 Å². The van der Waals surface area contributed by atoms with Crippen molar-refractivity contribution < 1.29 is 4.79 Å². The number of carbonyl (C=O) groups is 1. The minimum atomic E-state index is -0.121. The highest BCUT2D eigenvalue weighted by Crippen LogP contribution is 2.31. The van der Waals surface area contributed by atoms with Crippen LogP contribution in [0, 0.1) is 13.8 Å². The maximum Gasteiger partial charge on any atom is 0.278 e. The van der Waals surface area contributed by atoms with Crippen LogP contribution in [0.5, 0.6) is 0 Å². The zero-order valence-corrected chi connectivity index (χ0v) is 16.9. The number of carbonyl (C=O) groups excluding carboxylic acids is 1. The van der Waals surface area contributed by atoms with Gasteiger partial charge in [0.1, 0.15) is 5.69 Å². The van der Waals surface area contributed by atoms with E-state index in [0.717, 1.165) is 21.6 Å². The van der Waals surface area contributed by atoms with E-state index >= 15 is 0 Å². The molecular weight excluding hydrogens is 370 g/mol. The van der Waals surface area contributed by atoms with Gasteiger partial charge in [0.15, 0.2) is 5.13 Å². The van der Waals surface area contributed by atoms with Crippen LogP contribution in [-0.2, 0) is 13.1 Å². The average Bonchev–Trinajstić information content (AvgIpc) is 3.29. The molecule has 0 saturated carbocycles. The highest BCUT2D eigenvalue weighted by molar-refractivity contribution is 7.22. The Morgan fingerprint density at radius 2 is 2.04 bits per heavy atom. The molecule has 142 valence electrons. The zero-order chi connectivity index (χ0) is 19.7. The molecule has 0 aliphatic rings. The number of nitrogens with zero attached hydrogens (tertiary/aromatic N) is 5. The molecule has 0 N–H and O–H groups in total. The van der Waals surface area contributed by atoms with Gasteiger partial charge in [-0.2, -0.15) is 5.10 Å². The number of aryl methyl sites for hydroxylation is 3.